The Labute approximate surface area is 107 Å². The summed E-state index contributed by atoms with van der Waals surface area (Å²) < 4.78 is 0. The normalized spacial score (nSPS) is 14.1. The van der Waals surface area contributed by atoms with Crippen LogP contribution < -0.4 is 0 Å². The first-order chi connectivity index (χ1) is 7.80. The molecule has 0 bridgehead atoms. The second kappa shape index (κ2) is 5.71. The molecular weight excluding hydrogens is 204 g/mol. The monoisotopic (exact) mass is 232 g/mol. The van der Waals surface area contributed by atoms with Crippen LogP contribution in [0.3, 0.4) is 0 Å². The quantitative estimate of drug-likeness (QED) is 0.650. The fraction of sp³-hybridized carbons (Fsp3) is 0.647. The molecule has 0 amide bonds. The van der Waals surface area contributed by atoms with Gasteiger partial charge in [0.2, 0.25) is 0 Å². The van der Waals surface area contributed by atoms with Gasteiger partial charge >= 0.3 is 0 Å². The van der Waals surface area contributed by atoms with E-state index in [0.29, 0.717) is 11.3 Å². The van der Waals surface area contributed by atoms with Gasteiger partial charge in [-0.1, -0.05) is 65.8 Å². The van der Waals surface area contributed by atoms with Crippen LogP contribution in [-0.2, 0) is 6.42 Å². The molecule has 0 unspecified atom stereocenters. The van der Waals surface area contributed by atoms with Gasteiger partial charge in [0.15, 0.2) is 0 Å². The topological polar surface area (TPSA) is 0 Å². The Morgan fingerprint density at radius 3 is 2.24 bits per heavy atom. The third-order valence-corrected chi connectivity index (χ3v) is 3.96. The number of hydrogen-bond acceptors (Lipinski definition) is 0. The highest BCUT2D eigenvalue weighted by atomic mass is 14.2. The van der Waals surface area contributed by atoms with E-state index in [4.69, 9.17) is 0 Å². The molecule has 0 radical (unpaired) electrons. The molecule has 0 saturated carbocycles. The third kappa shape index (κ3) is 4.53. The summed E-state index contributed by atoms with van der Waals surface area (Å²) in [5.74, 6) is 1.40. The van der Waals surface area contributed by atoms with Gasteiger partial charge in [-0.15, -0.1) is 0 Å². The predicted molar refractivity (Wildman–Crippen MR) is 77.5 cm³/mol. The van der Waals surface area contributed by atoms with E-state index in [1.165, 1.54) is 24.0 Å². The maximum Gasteiger partial charge on any atom is -0.0219 e. The minimum absolute atomic E-state index is 0.426. The third-order valence-electron chi connectivity index (χ3n) is 3.96. The molecule has 0 aromatic heterocycles. The van der Waals surface area contributed by atoms with Crippen molar-refractivity contribution in [1.82, 2.24) is 0 Å². The van der Waals surface area contributed by atoms with Gasteiger partial charge in [0, 0.05) is 0 Å². The summed E-state index contributed by atoms with van der Waals surface area (Å²) in [7, 11) is 0. The van der Waals surface area contributed by atoms with Crippen LogP contribution in [-0.4, -0.2) is 0 Å². The molecule has 1 atom stereocenters. The lowest BCUT2D eigenvalue weighted by Gasteiger charge is -2.27. The molecule has 0 saturated heterocycles. The number of rotatable bonds is 4. The maximum atomic E-state index is 2.38. The lowest BCUT2D eigenvalue weighted by Crippen LogP contribution is -2.17. The predicted octanol–water partition coefficient (Wildman–Crippen LogP) is 5.42. The summed E-state index contributed by atoms with van der Waals surface area (Å²) in [6.45, 7) is 13.9. The van der Waals surface area contributed by atoms with Crippen molar-refractivity contribution in [2.75, 3.05) is 0 Å². The summed E-state index contributed by atoms with van der Waals surface area (Å²) in [5, 5.41) is 0. The SMILES string of the molecule is CC(C)c1cccc(CC[C@H](C)C(C)(C)C)c1. The second-order valence-corrected chi connectivity index (χ2v) is 6.71. The fourth-order valence-corrected chi connectivity index (χ4v) is 1.92. The summed E-state index contributed by atoms with van der Waals surface area (Å²) in [6.07, 6.45) is 2.49. The first-order valence-electron chi connectivity index (χ1n) is 6.89. The molecule has 0 aliphatic heterocycles. The Morgan fingerprint density at radius 2 is 1.71 bits per heavy atom. The molecule has 0 nitrogen and oxygen atoms in total. The molecule has 17 heavy (non-hydrogen) atoms. The lowest BCUT2D eigenvalue weighted by atomic mass is 9.79. The van der Waals surface area contributed by atoms with E-state index in [1.807, 2.05) is 0 Å². The maximum absolute atomic E-state index is 2.38. The molecule has 0 aliphatic rings. The molecule has 0 fully saturated rings. The highest BCUT2D eigenvalue weighted by Gasteiger charge is 2.19. The van der Waals surface area contributed by atoms with E-state index in [-0.39, 0.29) is 0 Å². The van der Waals surface area contributed by atoms with Crippen molar-refractivity contribution in [1.29, 1.82) is 0 Å². The van der Waals surface area contributed by atoms with Gasteiger partial charge in [-0.25, -0.2) is 0 Å². The van der Waals surface area contributed by atoms with E-state index in [9.17, 15) is 0 Å². The average molecular weight is 232 g/mol. The summed E-state index contributed by atoms with van der Waals surface area (Å²) in [6, 6.07) is 9.08. The van der Waals surface area contributed by atoms with Crippen LogP contribution >= 0.6 is 0 Å². The van der Waals surface area contributed by atoms with Gasteiger partial charge in [0.05, 0.1) is 0 Å². The van der Waals surface area contributed by atoms with E-state index >= 15 is 0 Å². The molecule has 0 N–H and O–H groups in total. The van der Waals surface area contributed by atoms with Crippen LogP contribution in [0.4, 0.5) is 0 Å². The highest BCUT2D eigenvalue weighted by Crippen LogP contribution is 2.29. The van der Waals surface area contributed by atoms with Crippen molar-refractivity contribution >= 4 is 0 Å². The van der Waals surface area contributed by atoms with Gasteiger partial charge in [-0.05, 0) is 41.2 Å². The Kier molecular flexibility index (Phi) is 4.80. The molecule has 0 aliphatic carbocycles. The summed E-state index contributed by atoms with van der Waals surface area (Å²) in [5.41, 5.74) is 3.38. The van der Waals surface area contributed by atoms with Crippen molar-refractivity contribution in [2.45, 2.75) is 60.3 Å². The molecule has 1 aromatic carbocycles. The first kappa shape index (κ1) is 14.3. The largest absolute Gasteiger partial charge is 0.0620 e. The average Bonchev–Trinajstić information content (AvgIpc) is 2.25. The van der Waals surface area contributed by atoms with Crippen molar-refractivity contribution in [3.05, 3.63) is 35.4 Å². The van der Waals surface area contributed by atoms with Crippen LogP contribution in [0.1, 0.15) is 65.0 Å². The van der Waals surface area contributed by atoms with E-state index in [2.05, 4.69) is 65.8 Å². The van der Waals surface area contributed by atoms with Gasteiger partial charge in [0.1, 0.15) is 0 Å². The van der Waals surface area contributed by atoms with Crippen LogP contribution in [0, 0.1) is 11.3 Å². The van der Waals surface area contributed by atoms with Crippen LogP contribution in [0.25, 0.3) is 0 Å². The fourth-order valence-electron chi connectivity index (χ4n) is 1.92. The zero-order chi connectivity index (χ0) is 13.1. The van der Waals surface area contributed by atoms with Crippen LogP contribution in [0.2, 0.25) is 0 Å². The number of benzene rings is 1. The molecule has 96 valence electrons. The minimum atomic E-state index is 0.426. The van der Waals surface area contributed by atoms with Gasteiger partial charge in [0.25, 0.3) is 0 Å². The van der Waals surface area contributed by atoms with Gasteiger partial charge < -0.3 is 0 Å². The summed E-state index contributed by atoms with van der Waals surface area (Å²) in [4.78, 5) is 0. The standard InChI is InChI=1S/C17H28/c1-13(2)16-9-7-8-15(12-16)11-10-14(3)17(4,5)6/h7-9,12-14H,10-11H2,1-6H3/t14-/m0/s1. The van der Waals surface area contributed by atoms with Crippen molar-refractivity contribution in [2.24, 2.45) is 11.3 Å². The molecule has 0 heterocycles. The Bertz CT molecular complexity index is 341. The summed E-state index contributed by atoms with van der Waals surface area (Å²) >= 11 is 0. The van der Waals surface area contributed by atoms with E-state index < -0.39 is 0 Å². The minimum Gasteiger partial charge on any atom is -0.0620 e. The Balaban J connectivity index is 2.61. The van der Waals surface area contributed by atoms with Crippen LogP contribution in [0.5, 0.6) is 0 Å². The van der Waals surface area contributed by atoms with Crippen molar-refractivity contribution in [3.63, 3.8) is 0 Å². The molecule has 1 aromatic rings. The molecular formula is C17H28. The second-order valence-electron chi connectivity index (χ2n) is 6.71. The first-order valence-corrected chi connectivity index (χ1v) is 6.89. The van der Waals surface area contributed by atoms with Crippen molar-refractivity contribution < 1.29 is 0 Å². The molecule has 1 rings (SSSR count). The van der Waals surface area contributed by atoms with Crippen LogP contribution in [0.15, 0.2) is 24.3 Å². The van der Waals surface area contributed by atoms with Crippen molar-refractivity contribution in [3.8, 4) is 0 Å². The van der Waals surface area contributed by atoms with E-state index in [1.54, 1.807) is 0 Å². The Morgan fingerprint density at radius 1 is 1.06 bits per heavy atom. The molecule has 0 heteroatoms. The number of aryl methyl sites for hydroxylation is 1. The van der Waals surface area contributed by atoms with Gasteiger partial charge in [-0.2, -0.15) is 0 Å². The smallest absolute Gasteiger partial charge is 0.0219 e. The van der Waals surface area contributed by atoms with Gasteiger partial charge in [-0.3, -0.25) is 0 Å². The van der Waals surface area contributed by atoms with E-state index in [0.717, 1.165) is 5.92 Å². The lowest BCUT2D eigenvalue weighted by molar-refractivity contribution is 0.247. The molecule has 0 spiro atoms. The Hall–Kier alpha value is -0.780. The highest BCUT2D eigenvalue weighted by molar-refractivity contribution is 5.25. The zero-order valence-corrected chi connectivity index (χ0v) is 12.4. The zero-order valence-electron chi connectivity index (χ0n) is 12.4. The number of hydrogen-bond donors (Lipinski definition) is 0.